The maximum Gasteiger partial charge on any atom is 0.258 e. The Labute approximate surface area is 135 Å². The molecule has 0 spiro atoms. The molecule has 1 N–H and O–H groups in total. The Morgan fingerprint density at radius 3 is 2.62 bits per heavy atom. The third-order valence-electron chi connectivity index (χ3n) is 2.71. The molecule has 0 saturated carbocycles. The number of ether oxygens (including phenoxy) is 1. The summed E-state index contributed by atoms with van der Waals surface area (Å²) < 4.78 is 5.83. The van der Waals surface area contributed by atoms with E-state index in [-0.39, 0.29) is 11.3 Å². The molecule has 1 amide bonds. The number of carbonyl (C=O) groups excluding carboxylic acids is 1. The zero-order valence-electron chi connectivity index (χ0n) is 12.2. The number of hydrogen-bond acceptors (Lipinski definition) is 5. The lowest BCUT2D eigenvalue weighted by atomic mass is 9.98. The van der Waals surface area contributed by atoms with Gasteiger partial charge in [0.15, 0.2) is 0 Å². The summed E-state index contributed by atoms with van der Waals surface area (Å²) in [4.78, 5) is 12.3. The van der Waals surface area contributed by atoms with Crippen LogP contribution in [0.2, 0.25) is 0 Å². The molecule has 0 saturated heterocycles. The van der Waals surface area contributed by atoms with Crippen molar-refractivity contribution >= 4 is 38.3 Å². The standard InChI is InChI=1S/C14H16BrN3O2S/c1-14(2,3)12-17-18-13(21-12)16-11(19)9-7-8(20-4)5-6-10(9)15/h5-7H,1-4H3,(H,16,18,19). The summed E-state index contributed by atoms with van der Waals surface area (Å²) in [5, 5.41) is 12.2. The largest absolute Gasteiger partial charge is 0.497 e. The average molecular weight is 370 g/mol. The first kappa shape index (κ1) is 15.9. The molecular formula is C14H16BrN3O2S. The van der Waals surface area contributed by atoms with Crippen molar-refractivity contribution in [3.8, 4) is 5.75 Å². The summed E-state index contributed by atoms with van der Waals surface area (Å²) in [5.74, 6) is 0.369. The van der Waals surface area contributed by atoms with Crippen molar-refractivity contribution in [1.82, 2.24) is 10.2 Å². The van der Waals surface area contributed by atoms with Gasteiger partial charge in [-0.25, -0.2) is 0 Å². The predicted molar refractivity (Wildman–Crippen MR) is 87.3 cm³/mol. The van der Waals surface area contributed by atoms with Gasteiger partial charge in [0, 0.05) is 9.89 Å². The molecule has 2 rings (SSSR count). The van der Waals surface area contributed by atoms with Crippen LogP contribution in [0.5, 0.6) is 5.75 Å². The first-order chi connectivity index (χ1) is 9.81. The van der Waals surface area contributed by atoms with E-state index in [4.69, 9.17) is 4.74 Å². The Morgan fingerprint density at radius 1 is 1.33 bits per heavy atom. The van der Waals surface area contributed by atoms with Crippen molar-refractivity contribution in [1.29, 1.82) is 0 Å². The van der Waals surface area contributed by atoms with Gasteiger partial charge < -0.3 is 4.74 Å². The number of halogens is 1. The predicted octanol–water partition coefficient (Wildman–Crippen LogP) is 3.86. The van der Waals surface area contributed by atoms with Crippen LogP contribution in [0.25, 0.3) is 0 Å². The molecule has 0 unspecified atom stereocenters. The minimum atomic E-state index is -0.252. The molecule has 2 aromatic rings. The van der Waals surface area contributed by atoms with Gasteiger partial charge in [-0.2, -0.15) is 0 Å². The van der Waals surface area contributed by atoms with Crippen LogP contribution in [0.3, 0.4) is 0 Å². The van der Waals surface area contributed by atoms with Crippen LogP contribution in [0, 0.1) is 0 Å². The van der Waals surface area contributed by atoms with Crippen LogP contribution in [0.1, 0.15) is 36.1 Å². The van der Waals surface area contributed by atoms with Crippen molar-refractivity contribution in [2.45, 2.75) is 26.2 Å². The fourth-order valence-electron chi connectivity index (χ4n) is 1.55. The van der Waals surface area contributed by atoms with E-state index >= 15 is 0 Å². The number of nitrogens with one attached hydrogen (secondary N) is 1. The molecule has 5 nitrogen and oxygen atoms in total. The van der Waals surface area contributed by atoms with Crippen LogP contribution in [-0.4, -0.2) is 23.2 Å². The van der Waals surface area contributed by atoms with Gasteiger partial charge in [0.1, 0.15) is 10.8 Å². The molecule has 0 aliphatic heterocycles. The van der Waals surface area contributed by atoms with E-state index in [1.807, 2.05) is 0 Å². The minimum absolute atomic E-state index is 0.0861. The van der Waals surface area contributed by atoms with E-state index in [1.165, 1.54) is 11.3 Å². The lowest BCUT2D eigenvalue weighted by molar-refractivity contribution is 0.102. The summed E-state index contributed by atoms with van der Waals surface area (Å²) >= 11 is 4.74. The van der Waals surface area contributed by atoms with Crippen LogP contribution in [0.4, 0.5) is 5.13 Å². The van der Waals surface area contributed by atoms with Gasteiger partial charge in [0.05, 0.1) is 12.7 Å². The Morgan fingerprint density at radius 2 is 2.05 bits per heavy atom. The number of nitrogens with zero attached hydrogens (tertiary/aromatic N) is 2. The third-order valence-corrected chi connectivity index (χ3v) is 4.66. The molecule has 21 heavy (non-hydrogen) atoms. The number of rotatable bonds is 3. The highest BCUT2D eigenvalue weighted by molar-refractivity contribution is 9.10. The fourth-order valence-corrected chi connectivity index (χ4v) is 2.77. The van der Waals surface area contributed by atoms with E-state index in [0.29, 0.717) is 20.9 Å². The van der Waals surface area contributed by atoms with E-state index in [9.17, 15) is 4.79 Å². The highest BCUT2D eigenvalue weighted by atomic mass is 79.9. The average Bonchev–Trinajstić information content (AvgIpc) is 2.87. The highest BCUT2D eigenvalue weighted by Gasteiger charge is 2.20. The van der Waals surface area contributed by atoms with Gasteiger partial charge in [-0.15, -0.1) is 10.2 Å². The summed E-state index contributed by atoms with van der Waals surface area (Å²) in [5.41, 5.74) is 0.402. The topological polar surface area (TPSA) is 64.1 Å². The lowest BCUT2D eigenvalue weighted by Crippen LogP contribution is -2.12. The second-order valence-electron chi connectivity index (χ2n) is 5.46. The summed E-state index contributed by atoms with van der Waals surface area (Å²) in [6.45, 7) is 6.16. The molecule has 1 aromatic carbocycles. The lowest BCUT2D eigenvalue weighted by Gasteiger charge is -2.12. The van der Waals surface area contributed by atoms with Crippen LogP contribution in [0.15, 0.2) is 22.7 Å². The Bertz CT molecular complexity index is 664. The minimum Gasteiger partial charge on any atom is -0.497 e. The van der Waals surface area contributed by atoms with Gasteiger partial charge in [-0.05, 0) is 34.1 Å². The number of aromatic nitrogens is 2. The molecular weight excluding hydrogens is 354 g/mol. The first-order valence-corrected chi connectivity index (χ1v) is 7.91. The maximum atomic E-state index is 12.3. The molecule has 0 radical (unpaired) electrons. The quantitative estimate of drug-likeness (QED) is 0.891. The second kappa shape index (κ2) is 6.11. The van der Waals surface area contributed by atoms with Gasteiger partial charge in [-0.3, -0.25) is 10.1 Å². The van der Waals surface area contributed by atoms with Gasteiger partial charge in [0.2, 0.25) is 5.13 Å². The summed E-state index contributed by atoms with van der Waals surface area (Å²) in [6.07, 6.45) is 0. The molecule has 0 aliphatic rings. The number of carbonyl (C=O) groups is 1. The van der Waals surface area contributed by atoms with Crippen molar-refractivity contribution < 1.29 is 9.53 Å². The molecule has 0 atom stereocenters. The normalized spacial score (nSPS) is 11.3. The Kier molecular flexibility index (Phi) is 4.63. The van der Waals surface area contributed by atoms with Gasteiger partial charge in [-0.1, -0.05) is 32.1 Å². The van der Waals surface area contributed by atoms with Crippen LogP contribution in [-0.2, 0) is 5.41 Å². The summed E-state index contributed by atoms with van der Waals surface area (Å²) in [6, 6.07) is 5.23. The molecule has 0 bridgehead atoms. The fraction of sp³-hybridized carbons (Fsp3) is 0.357. The van der Waals surface area contributed by atoms with Crippen molar-refractivity contribution in [2.24, 2.45) is 0 Å². The molecule has 0 aliphatic carbocycles. The van der Waals surface area contributed by atoms with Gasteiger partial charge in [0.25, 0.3) is 5.91 Å². The van der Waals surface area contributed by atoms with E-state index in [1.54, 1.807) is 25.3 Å². The zero-order valence-corrected chi connectivity index (χ0v) is 14.6. The zero-order chi connectivity index (χ0) is 15.6. The molecule has 1 heterocycles. The number of amides is 1. The second-order valence-corrected chi connectivity index (χ2v) is 7.29. The van der Waals surface area contributed by atoms with Crippen molar-refractivity contribution in [2.75, 3.05) is 12.4 Å². The van der Waals surface area contributed by atoms with Crippen LogP contribution >= 0.6 is 27.3 Å². The highest BCUT2D eigenvalue weighted by Crippen LogP contribution is 2.29. The SMILES string of the molecule is COc1ccc(Br)c(C(=O)Nc2nnc(C(C)(C)C)s2)c1. The van der Waals surface area contributed by atoms with E-state index in [2.05, 4.69) is 52.2 Å². The van der Waals surface area contributed by atoms with E-state index in [0.717, 1.165) is 5.01 Å². The molecule has 0 fully saturated rings. The Hall–Kier alpha value is -1.47. The summed E-state index contributed by atoms with van der Waals surface area (Å²) in [7, 11) is 1.56. The monoisotopic (exact) mass is 369 g/mol. The third kappa shape index (κ3) is 3.79. The van der Waals surface area contributed by atoms with Crippen molar-refractivity contribution in [3.63, 3.8) is 0 Å². The van der Waals surface area contributed by atoms with E-state index < -0.39 is 0 Å². The molecule has 112 valence electrons. The number of benzene rings is 1. The van der Waals surface area contributed by atoms with Crippen molar-refractivity contribution in [3.05, 3.63) is 33.2 Å². The first-order valence-electron chi connectivity index (χ1n) is 6.30. The molecule has 7 heteroatoms. The smallest absolute Gasteiger partial charge is 0.258 e. The Balaban J connectivity index is 2.20. The number of methoxy groups -OCH3 is 1. The number of hydrogen-bond donors (Lipinski definition) is 1. The van der Waals surface area contributed by atoms with Crippen LogP contribution < -0.4 is 10.1 Å². The van der Waals surface area contributed by atoms with Gasteiger partial charge >= 0.3 is 0 Å². The maximum absolute atomic E-state index is 12.3. The number of anilines is 1. The molecule has 1 aromatic heterocycles.